The maximum absolute atomic E-state index is 13.5. The molecule has 1 saturated heterocycles. The van der Waals surface area contributed by atoms with Crippen molar-refractivity contribution in [1.82, 2.24) is 10.6 Å². The summed E-state index contributed by atoms with van der Waals surface area (Å²) in [4.78, 5) is 4.64. The molecule has 25 heavy (non-hydrogen) atoms. The van der Waals surface area contributed by atoms with Crippen LogP contribution in [0.2, 0.25) is 0 Å². The van der Waals surface area contributed by atoms with Crippen LogP contribution in [0.5, 0.6) is 0 Å². The molecular formula is C19H30FN3O2. The third-order valence-corrected chi connectivity index (χ3v) is 4.59. The number of aliphatic hydroxyl groups is 1. The molecule has 0 atom stereocenters. The molecule has 0 amide bonds. The summed E-state index contributed by atoms with van der Waals surface area (Å²) >= 11 is 0. The molecule has 0 spiro atoms. The Morgan fingerprint density at radius 3 is 2.68 bits per heavy atom. The van der Waals surface area contributed by atoms with Crippen molar-refractivity contribution in [2.24, 2.45) is 4.99 Å². The van der Waals surface area contributed by atoms with Crippen molar-refractivity contribution in [1.29, 1.82) is 0 Å². The van der Waals surface area contributed by atoms with Crippen molar-refractivity contribution < 1.29 is 14.2 Å². The van der Waals surface area contributed by atoms with Crippen LogP contribution in [0.3, 0.4) is 0 Å². The predicted octanol–water partition coefficient (Wildman–Crippen LogP) is 2.20. The van der Waals surface area contributed by atoms with Crippen molar-refractivity contribution in [3.63, 3.8) is 0 Å². The van der Waals surface area contributed by atoms with Gasteiger partial charge in [0.15, 0.2) is 5.96 Å². The number of aliphatic imine (C=N–C) groups is 1. The summed E-state index contributed by atoms with van der Waals surface area (Å²) in [7, 11) is 0. The van der Waals surface area contributed by atoms with E-state index >= 15 is 0 Å². The Labute approximate surface area is 149 Å². The zero-order valence-electron chi connectivity index (χ0n) is 15.4. The molecule has 0 saturated carbocycles. The van der Waals surface area contributed by atoms with Gasteiger partial charge in [0, 0.05) is 44.6 Å². The largest absolute Gasteiger partial charge is 0.388 e. The highest BCUT2D eigenvalue weighted by Crippen LogP contribution is 2.24. The van der Waals surface area contributed by atoms with Crippen LogP contribution in [0.25, 0.3) is 0 Å². The second kappa shape index (κ2) is 8.63. The third kappa shape index (κ3) is 5.97. The van der Waals surface area contributed by atoms with Gasteiger partial charge in [-0.2, -0.15) is 0 Å². The van der Waals surface area contributed by atoms with Crippen LogP contribution in [0, 0.1) is 5.82 Å². The maximum atomic E-state index is 13.5. The molecule has 3 N–H and O–H groups in total. The SMILES string of the molecule is CCNC(=NCC(C)(C)c1cccc(F)c1)NCC1(O)CCOCC1. The van der Waals surface area contributed by atoms with E-state index in [9.17, 15) is 9.50 Å². The Morgan fingerprint density at radius 1 is 1.32 bits per heavy atom. The molecule has 0 aromatic heterocycles. The molecular weight excluding hydrogens is 321 g/mol. The lowest BCUT2D eigenvalue weighted by molar-refractivity contribution is -0.0594. The highest BCUT2D eigenvalue weighted by atomic mass is 19.1. The molecule has 1 aromatic rings. The molecule has 1 aromatic carbocycles. The average molecular weight is 351 g/mol. The molecule has 1 heterocycles. The van der Waals surface area contributed by atoms with E-state index in [4.69, 9.17) is 4.74 Å². The zero-order chi connectivity index (χ0) is 18.3. The molecule has 2 rings (SSSR count). The summed E-state index contributed by atoms with van der Waals surface area (Å²) in [6.45, 7) is 8.92. The standard InChI is InChI=1S/C19H30FN3O2/c1-4-21-17(23-14-19(24)8-10-25-11-9-19)22-13-18(2,3)15-6-5-7-16(20)12-15/h5-7,12,24H,4,8-11,13-14H2,1-3H3,(H2,21,22,23). The van der Waals surface area contributed by atoms with E-state index in [1.807, 2.05) is 26.8 Å². The van der Waals surface area contributed by atoms with Gasteiger partial charge in [0.2, 0.25) is 0 Å². The minimum Gasteiger partial charge on any atom is -0.388 e. The van der Waals surface area contributed by atoms with Gasteiger partial charge in [-0.3, -0.25) is 4.99 Å². The smallest absolute Gasteiger partial charge is 0.191 e. The van der Waals surface area contributed by atoms with Gasteiger partial charge in [0.05, 0.1) is 12.1 Å². The van der Waals surface area contributed by atoms with Gasteiger partial charge in [-0.25, -0.2) is 4.39 Å². The normalized spacial score (nSPS) is 18.0. The molecule has 5 nitrogen and oxygen atoms in total. The minimum atomic E-state index is -0.757. The predicted molar refractivity (Wildman–Crippen MR) is 98.4 cm³/mol. The van der Waals surface area contributed by atoms with Crippen LogP contribution in [-0.4, -0.2) is 49.5 Å². The summed E-state index contributed by atoms with van der Waals surface area (Å²) in [5, 5.41) is 17.0. The van der Waals surface area contributed by atoms with Crippen molar-refractivity contribution in [3.05, 3.63) is 35.6 Å². The Balaban J connectivity index is 2.00. The lowest BCUT2D eigenvalue weighted by Crippen LogP contribution is -2.50. The van der Waals surface area contributed by atoms with Crippen molar-refractivity contribution in [3.8, 4) is 0 Å². The second-order valence-corrected chi connectivity index (χ2v) is 7.28. The first kappa shape index (κ1) is 19.7. The van der Waals surface area contributed by atoms with Crippen molar-refractivity contribution in [2.75, 3.05) is 32.8 Å². The first-order valence-electron chi connectivity index (χ1n) is 8.93. The number of nitrogens with zero attached hydrogens (tertiary/aromatic N) is 1. The summed E-state index contributed by atoms with van der Waals surface area (Å²) in [5.74, 6) is 0.424. The number of benzene rings is 1. The van der Waals surface area contributed by atoms with E-state index in [0.717, 1.165) is 12.1 Å². The number of hydrogen-bond acceptors (Lipinski definition) is 3. The summed E-state index contributed by atoms with van der Waals surface area (Å²) < 4.78 is 18.8. The molecule has 1 aliphatic rings. The molecule has 1 fully saturated rings. The fourth-order valence-electron chi connectivity index (χ4n) is 2.80. The van der Waals surface area contributed by atoms with Gasteiger partial charge in [-0.1, -0.05) is 26.0 Å². The van der Waals surface area contributed by atoms with Gasteiger partial charge in [0.1, 0.15) is 5.82 Å². The molecule has 0 bridgehead atoms. The molecule has 1 aliphatic heterocycles. The fourth-order valence-corrected chi connectivity index (χ4v) is 2.80. The zero-order valence-corrected chi connectivity index (χ0v) is 15.4. The van der Waals surface area contributed by atoms with Crippen molar-refractivity contribution >= 4 is 5.96 Å². The van der Waals surface area contributed by atoms with E-state index in [0.29, 0.717) is 45.1 Å². The summed E-state index contributed by atoms with van der Waals surface area (Å²) in [5.41, 5.74) is -0.137. The van der Waals surface area contributed by atoms with Crippen LogP contribution in [0.4, 0.5) is 4.39 Å². The number of ether oxygens (including phenoxy) is 1. The van der Waals surface area contributed by atoms with Crippen molar-refractivity contribution in [2.45, 2.75) is 44.6 Å². The van der Waals surface area contributed by atoms with Crippen LogP contribution >= 0.6 is 0 Å². The van der Waals surface area contributed by atoms with E-state index in [1.165, 1.54) is 6.07 Å². The number of halogens is 1. The van der Waals surface area contributed by atoms with Gasteiger partial charge < -0.3 is 20.5 Å². The van der Waals surface area contributed by atoms with E-state index in [1.54, 1.807) is 12.1 Å². The Kier molecular flexibility index (Phi) is 6.79. The van der Waals surface area contributed by atoms with Crippen LogP contribution in [-0.2, 0) is 10.2 Å². The minimum absolute atomic E-state index is 0.235. The van der Waals surface area contributed by atoms with E-state index in [-0.39, 0.29) is 11.2 Å². The lowest BCUT2D eigenvalue weighted by atomic mass is 9.85. The number of guanidine groups is 1. The van der Waals surface area contributed by atoms with Gasteiger partial charge in [-0.05, 0) is 24.6 Å². The molecule has 140 valence electrons. The molecule has 0 aliphatic carbocycles. The Morgan fingerprint density at radius 2 is 2.04 bits per heavy atom. The van der Waals surface area contributed by atoms with E-state index < -0.39 is 5.60 Å². The Hall–Kier alpha value is -1.66. The average Bonchev–Trinajstić information content (AvgIpc) is 2.58. The van der Waals surface area contributed by atoms with Crippen LogP contribution in [0.15, 0.2) is 29.3 Å². The number of hydrogen-bond donors (Lipinski definition) is 3. The monoisotopic (exact) mass is 351 g/mol. The third-order valence-electron chi connectivity index (χ3n) is 4.59. The van der Waals surface area contributed by atoms with Crippen LogP contribution in [0.1, 0.15) is 39.2 Å². The van der Waals surface area contributed by atoms with E-state index in [2.05, 4.69) is 15.6 Å². The highest BCUT2D eigenvalue weighted by molar-refractivity contribution is 5.79. The molecule has 6 heteroatoms. The molecule has 0 unspecified atom stereocenters. The quantitative estimate of drug-likeness (QED) is 0.543. The van der Waals surface area contributed by atoms with Gasteiger partial charge >= 0.3 is 0 Å². The summed E-state index contributed by atoms with van der Waals surface area (Å²) in [6, 6.07) is 6.65. The highest BCUT2D eigenvalue weighted by Gasteiger charge is 2.30. The van der Waals surface area contributed by atoms with Gasteiger partial charge in [-0.15, -0.1) is 0 Å². The Bertz CT molecular complexity index is 584. The topological polar surface area (TPSA) is 65.9 Å². The van der Waals surface area contributed by atoms with Crippen LogP contribution < -0.4 is 10.6 Å². The van der Waals surface area contributed by atoms with Gasteiger partial charge in [0.25, 0.3) is 0 Å². The summed E-state index contributed by atoms with van der Waals surface area (Å²) in [6.07, 6.45) is 1.24. The lowest BCUT2D eigenvalue weighted by Gasteiger charge is -2.32. The second-order valence-electron chi connectivity index (χ2n) is 7.28. The number of nitrogens with one attached hydrogen (secondary N) is 2. The maximum Gasteiger partial charge on any atom is 0.191 e. The first-order valence-corrected chi connectivity index (χ1v) is 8.93. The number of rotatable bonds is 6. The fraction of sp³-hybridized carbons (Fsp3) is 0.632. The molecule has 0 radical (unpaired) electrons. The first-order chi connectivity index (χ1) is 11.8.